The summed E-state index contributed by atoms with van der Waals surface area (Å²) in [6.07, 6.45) is 1.06. The molecule has 0 saturated carbocycles. The van der Waals surface area contributed by atoms with Crippen molar-refractivity contribution in [2.45, 2.75) is 51.0 Å². The molecule has 1 aliphatic heterocycles. The Balaban J connectivity index is 1.67. The molecule has 0 bridgehead atoms. The molecule has 0 saturated heterocycles. The fourth-order valence-electron chi connectivity index (χ4n) is 4.50. The van der Waals surface area contributed by atoms with Gasteiger partial charge in [-0.1, -0.05) is 12.1 Å². The molecule has 0 spiro atoms. The number of rotatable bonds is 5. The van der Waals surface area contributed by atoms with E-state index >= 15 is 0 Å². The fourth-order valence-corrected chi connectivity index (χ4v) is 4.90. The summed E-state index contributed by atoms with van der Waals surface area (Å²) in [7, 11) is 1.59. The van der Waals surface area contributed by atoms with Crippen molar-refractivity contribution in [3.63, 3.8) is 0 Å². The zero-order valence-electron chi connectivity index (χ0n) is 18.2. The van der Waals surface area contributed by atoms with Crippen LogP contribution in [-0.2, 0) is 9.59 Å². The molecule has 2 aromatic rings. The number of Topliss-reactive ketones (excluding diaryl/α,β-unsaturated/α-hetero) is 1. The van der Waals surface area contributed by atoms with Crippen LogP contribution in [0.25, 0.3) is 0 Å². The van der Waals surface area contributed by atoms with Crippen molar-refractivity contribution >= 4 is 27.6 Å². The van der Waals surface area contributed by atoms with Gasteiger partial charge in [0.15, 0.2) is 17.3 Å². The lowest BCUT2D eigenvalue weighted by atomic mass is 9.73. The number of methoxy groups -OCH3 is 1. The molecule has 1 amide bonds. The van der Waals surface area contributed by atoms with Crippen molar-refractivity contribution in [1.82, 2.24) is 5.32 Å². The summed E-state index contributed by atoms with van der Waals surface area (Å²) in [6.45, 7) is 3.89. The van der Waals surface area contributed by atoms with E-state index in [9.17, 15) is 14.0 Å². The predicted octanol–water partition coefficient (Wildman–Crippen LogP) is 5.39. The summed E-state index contributed by atoms with van der Waals surface area (Å²) in [5, 5.41) is 2.92. The molecule has 1 N–H and O–H groups in total. The van der Waals surface area contributed by atoms with E-state index in [1.807, 2.05) is 32.0 Å². The maximum atomic E-state index is 13.7. The average molecular weight is 502 g/mol. The summed E-state index contributed by atoms with van der Waals surface area (Å²) < 4.78 is 25.3. The molecule has 1 heterocycles. The number of carbonyl (C=O) groups excluding carboxylic acids is 2. The number of benzene rings is 2. The van der Waals surface area contributed by atoms with Crippen LogP contribution in [0.15, 0.2) is 52.1 Å². The Bertz CT molecular complexity index is 1110. The van der Waals surface area contributed by atoms with Crippen molar-refractivity contribution in [2.75, 3.05) is 7.11 Å². The first-order chi connectivity index (χ1) is 15.3. The zero-order valence-corrected chi connectivity index (χ0v) is 19.8. The molecule has 32 heavy (non-hydrogen) atoms. The SMILES string of the molecule is COc1cc(C2CC(=O)C3=C(C2)NC(=O)CC3c2ccc(F)c(Br)c2)ccc1OC(C)C. The lowest BCUT2D eigenvalue weighted by molar-refractivity contribution is -0.122. The Hall–Kier alpha value is -2.67. The van der Waals surface area contributed by atoms with Crippen LogP contribution in [0.5, 0.6) is 11.5 Å². The lowest BCUT2D eigenvalue weighted by Gasteiger charge is -2.34. The second-order valence-electron chi connectivity index (χ2n) is 8.48. The van der Waals surface area contributed by atoms with Gasteiger partial charge >= 0.3 is 0 Å². The van der Waals surface area contributed by atoms with Gasteiger partial charge in [-0.2, -0.15) is 0 Å². The molecule has 7 heteroatoms. The molecule has 5 nitrogen and oxygen atoms in total. The monoisotopic (exact) mass is 501 g/mol. The summed E-state index contributed by atoms with van der Waals surface area (Å²) in [5.74, 6) is 0.301. The highest BCUT2D eigenvalue weighted by Gasteiger charge is 2.38. The second-order valence-corrected chi connectivity index (χ2v) is 9.33. The first-order valence-electron chi connectivity index (χ1n) is 10.6. The Morgan fingerprint density at radius 1 is 1.03 bits per heavy atom. The van der Waals surface area contributed by atoms with E-state index in [2.05, 4.69) is 21.2 Å². The van der Waals surface area contributed by atoms with Gasteiger partial charge in [0.2, 0.25) is 5.91 Å². The number of nitrogens with one attached hydrogen (secondary N) is 1. The molecule has 2 unspecified atom stereocenters. The van der Waals surface area contributed by atoms with Gasteiger partial charge in [-0.25, -0.2) is 4.39 Å². The number of hydrogen-bond acceptors (Lipinski definition) is 4. The van der Waals surface area contributed by atoms with Crippen LogP contribution in [0.2, 0.25) is 0 Å². The standard InChI is InChI=1S/C25H25BrFNO4/c1-13(2)32-22-7-5-14(11-23(22)31-3)16-9-20-25(21(29)10-16)17(12-24(30)28-20)15-4-6-19(27)18(26)8-15/h4-8,11,13,16-17H,9-10,12H2,1-3H3,(H,28,30). The predicted molar refractivity (Wildman–Crippen MR) is 122 cm³/mol. The quantitative estimate of drug-likeness (QED) is 0.596. The van der Waals surface area contributed by atoms with Crippen molar-refractivity contribution in [2.24, 2.45) is 0 Å². The Morgan fingerprint density at radius 2 is 1.78 bits per heavy atom. The number of allylic oxidation sites excluding steroid dienone is 2. The molecule has 4 rings (SSSR count). The van der Waals surface area contributed by atoms with Gasteiger partial charge in [-0.15, -0.1) is 0 Å². The largest absolute Gasteiger partial charge is 0.493 e. The summed E-state index contributed by atoms with van der Waals surface area (Å²) in [5.41, 5.74) is 3.00. The van der Waals surface area contributed by atoms with Crippen LogP contribution < -0.4 is 14.8 Å². The summed E-state index contributed by atoms with van der Waals surface area (Å²) in [4.78, 5) is 25.7. The van der Waals surface area contributed by atoms with Crippen molar-refractivity contribution < 1.29 is 23.5 Å². The van der Waals surface area contributed by atoms with Crippen molar-refractivity contribution in [1.29, 1.82) is 0 Å². The molecule has 1 aliphatic carbocycles. The minimum absolute atomic E-state index is 0.00294. The van der Waals surface area contributed by atoms with E-state index < -0.39 is 0 Å². The highest BCUT2D eigenvalue weighted by atomic mass is 79.9. The van der Waals surface area contributed by atoms with Gasteiger partial charge in [0.25, 0.3) is 0 Å². The van der Waals surface area contributed by atoms with Crippen LogP contribution in [0, 0.1) is 5.82 Å². The first kappa shape index (κ1) is 22.5. The molecule has 0 aromatic heterocycles. The summed E-state index contributed by atoms with van der Waals surface area (Å²) >= 11 is 3.21. The average Bonchev–Trinajstić information content (AvgIpc) is 2.74. The molecule has 0 fully saturated rings. The third-order valence-electron chi connectivity index (χ3n) is 5.90. The van der Waals surface area contributed by atoms with Gasteiger partial charge in [0.1, 0.15) is 5.82 Å². The van der Waals surface area contributed by atoms with E-state index in [1.165, 1.54) is 6.07 Å². The number of carbonyl (C=O) groups is 2. The smallest absolute Gasteiger partial charge is 0.225 e. The minimum atomic E-state index is -0.378. The zero-order chi connectivity index (χ0) is 23.0. The van der Waals surface area contributed by atoms with E-state index in [0.717, 1.165) is 11.1 Å². The fraction of sp³-hybridized carbons (Fsp3) is 0.360. The number of halogens is 2. The Labute approximate surface area is 195 Å². The molecular weight excluding hydrogens is 477 g/mol. The van der Waals surface area contributed by atoms with Crippen LogP contribution in [0.4, 0.5) is 4.39 Å². The lowest BCUT2D eigenvalue weighted by Crippen LogP contribution is -2.38. The number of hydrogen-bond donors (Lipinski definition) is 1. The molecule has 2 aliphatic rings. The van der Waals surface area contributed by atoms with Gasteiger partial charge in [0.05, 0.1) is 17.7 Å². The van der Waals surface area contributed by atoms with Gasteiger partial charge in [-0.3, -0.25) is 9.59 Å². The maximum absolute atomic E-state index is 13.7. The van der Waals surface area contributed by atoms with E-state index in [0.29, 0.717) is 40.1 Å². The summed E-state index contributed by atoms with van der Waals surface area (Å²) in [6, 6.07) is 10.4. The maximum Gasteiger partial charge on any atom is 0.225 e. The van der Waals surface area contributed by atoms with Gasteiger partial charge in [-0.05, 0) is 77.5 Å². The van der Waals surface area contributed by atoms with Gasteiger partial charge < -0.3 is 14.8 Å². The van der Waals surface area contributed by atoms with Crippen LogP contribution in [-0.4, -0.2) is 24.9 Å². The third-order valence-corrected chi connectivity index (χ3v) is 6.51. The second kappa shape index (κ2) is 9.06. The van der Waals surface area contributed by atoms with Crippen LogP contribution >= 0.6 is 15.9 Å². The normalized spacial score (nSPS) is 20.8. The Kier molecular flexibility index (Phi) is 6.38. The van der Waals surface area contributed by atoms with E-state index in [-0.39, 0.29) is 41.9 Å². The molecular formula is C25H25BrFNO4. The van der Waals surface area contributed by atoms with E-state index in [1.54, 1.807) is 19.2 Å². The number of amides is 1. The van der Waals surface area contributed by atoms with Crippen LogP contribution in [0.3, 0.4) is 0 Å². The minimum Gasteiger partial charge on any atom is -0.493 e. The van der Waals surface area contributed by atoms with Crippen molar-refractivity contribution in [3.8, 4) is 11.5 Å². The van der Waals surface area contributed by atoms with E-state index in [4.69, 9.17) is 9.47 Å². The molecule has 2 atom stereocenters. The Morgan fingerprint density at radius 3 is 2.47 bits per heavy atom. The first-order valence-corrected chi connectivity index (χ1v) is 11.4. The third kappa shape index (κ3) is 4.44. The highest BCUT2D eigenvalue weighted by Crippen LogP contribution is 2.44. The highest BCUT2D eigenvalue weighted by molar-refractivity contribution is 9.10. The number of ketones is 1. The van der Waals surface area contributed by atoms with Crippen molar-refractivity contribution in [3.05, 3.63) is 69.1 Å². The molecule has 0 radical (unpaired) electrons. The molecule has 168 valence electrons. The molecule has 2 aromatic carbocycles. The topological polar surface area (TPSA) is 64.6 Å². The van der Waals surface area contributed by atoms with Gasteiger partial charge in [0, 0.05) is 30.0 Å². The van der Waals surface area contributed by atoms with Crippen LogP contribution in [0.1, 0.15) is 56.1 Å². The number of ether oxygens (including phenoxy) is 2.